The molecular formula is C20H16Br2N2O5. The molecule has 0 fully saturated rings. The monoisotopic (exact) mass is 522 g/mol. The SMILES string of the molecule is COc1ccc(CNC(=O)/C(C#N)=C\c2cc(Br)c(OCC(=O)O)c(Br)c2)cc1. The third-order valence-electron chi connectivity index (χ3n) is 3.65. The molecular weight excluding hydrogens is 508 g/mol. The Morgan fingerprint density at radius 3 is 2.34 bits per heavy atom. The molecule has 9 heteroatoms. The minimum absolute atomic E-state index is 0.0727. The van der Waals surface area contributed by atoms with Gasteiger partial charge in [0, 0.05) is 6.54 Å². The summed E-state index contributed by atoms with van der Waals surface area (Å²) in [6, 6.07) is 12.3. The smallest absolute Gasteiger partial charge is 0.341 e. The van der Waals surface area contributed by atoms with E-state index in [9.17, 15) is 14.9 Å². The van der Waals surface area contributed by atoms with Crippen molar-refractivity contribution >= 4 is 49.8 Å². The average Bonchev–Trinajstić information content (AvgIpc) is 2.69. The summed E-state index contributed by atoms with van der Waals surface area (Å²) in [5, 5.41) is 20.8. The predicted molar refractivity (Wildman–Crippen MR) is 113 cm³/mol. The first kappa shape index (κ1) is 22.5. The van der Waals surface area contributed by atoms with Gasteiger partial charge in [0.05, 0.1) is 16.1 Å². The van der Waals surface area contributed by atoms with Gasteiger partial charge in [0.2, 0.25) is 0 Å². The number of aliphatic carboxylic acids is 1. The van der Waals surface area contributed by atoms with Gasteiger partial charge in [-0.05, 0) is 73.3 Å². The van der Waals surface area contributed by atoms with Gasteiger partial charge in [0.15, 0.2) is 6.61 Å². The number of nitriles is 1. The second-order valence-electron chi connectivity index (χ2n) is 5.70. The van der Waals surface area contributed by atoms with Crippen LogP contribution in [0.5, 0.6) is 11.5 Å². The van der Waals surface area contributed by atoms with Crippen molar-refractivity contribution in [2.75, 3.05) is 13.7 Å². The Balaban J connectivity index is 2.12. The van der Waals surface area contributed by atoms with Gasteiger partial charge >= 0.3 is 5.97 Å². The predicted octanol–water partition coefficient (Wildman–Crippen LogP) is 3.91. The van der Waals surface area contributed by atoms with Gasteiger partial charge in [-0.15, -0.1) is 0 Å². The highest BCUT2D eigenvalue weighted by molar-refractivity contribution is 9.11. The van der Waals surface area contributed by atoms with Crippen LogP contribution in [0.2, 0.25) is 0 Å². The summed E-state index contributed by atoms with van der Waals surface area (Å²) in [5.41, 5.74) is 1.35. The fraction of sp³-hybridized carbons (Fsp3) is 0.150. The summed E-state index contributed by atoms with van der Waals surface area (Å²) in [7, 11) is 1.57. The van der Waals surface area contributed by atoms with E-state index < -0.39 is 18.5 Å². The molecule has 0 aliphatic heterocycles. The molecule has 2 rings (SSSR count). The standard InChI is InChI=1S/C20H16Br2N2O5/c1-28-15-4-2-12(3-5-15)10-24-20(27)14(9-23)6-13-7-16(21)19(17(22)8-13)29-11-18(25)26/h2-8H,10-11H2,1H3,(H,24,27)(H,25,26)/b14-6-. The number of carbonyl (C=O) groups is 2. The Labute approximate surface area is 184 Å². The number of nitrogens with zero attached hydrogens (tertiary/aromatic N) is 1. The second-order valence-corrected chi connectivity index (χ2v) is 7.41. The Kier molecular flexibility index (Phi) is 8.24. The maximum atomic E-state index is 12.3. The summed E-state index contributed by atoms with van der Waals surface area (Å²) in [4.78, 5) is 23.0. The lowest BCUT2D eigenvalue weighted by atomic mass is 10.1. The van der Waals surface area contributed by atoms with Crippen LogP contribution in [-0.4, -0.2) is 30.7 Å². The lowest BCUT2D eigenvalue weighted by molar-refractivity contribution is -0.139. The number of hydrogen-bond acceptors (Lipinski definition) is 5. The van der Waals surface area contributed by atoms with Crippen LogP contribution in [0.15, 0.2) is 50.9 Å². The van der Waals surface area contributed by atoms with Gasteiger partial charge in [0.1, 0.15) is 23.1 Å². The molecule has 0 unspecified atom stereocenters. The highest BCUT2D eigenvalue weighted by atomic mass is 79.9. The van der Waals surface area contributed by atoms with Crippen LogP contribution in [0.3, 0.4) is 0 Å². The van der Waals surface area contributed by atoms with Crippen LogP contribution in [0, 0.1) is 11.3 Å². The van der Waals surface area contributed by atoms with Crippen molar-refractivity contribution < 1.29 is 24.2 Å². The normalized spacial score (nSPS) is 10.8. The van der Waals surface area contributed by atoms with Crippen LogP contribution < -0.4 is 14.8 Å². The number of nitrogens with one attached hydrogen (secondary N) is 1. The molecule has 0 aliphatic rings. The summed E-state index contributed by atoms with van der Waals surface area (Å²) >= 11 is 6.60. The molecule has 2 aromatic carbocycles. The van der Waals surface area contributed by atoms with Crippen molar-refractivity contribution in [3.05, 3.63) is 62.0 Å². The van der Waals surface area contributed by atoms with Crippen LogP contribution in [0.1, 0.15) is 11.1 Å². The third-order valence-corrected chi connectivity index (χ3v) is 4.83. The average molecular weight is 524 g/mol. The molecule has 0 heterocycles. The Bertz CT molecular complexity index is 958. The Hall–Kier alpha value is -2.83. The van der Waals surface area contributed by atoms with Gasteiger partial charge in [-0.2, -0.15) is 5.26 Å². The van der Waals surface area contributed by atoms with E-state index in [1.54, 1.807) is 31.4 Å². The summed E-state index contributed by atoms with van der Waals surface area (Å²) in [6.07, 6.45) is 1.43. The molecule has 0 aliphatic carbocycles. The number of rotatable bonds is 8. The molecule has 0 spiro atoms. The summed E-state index contributed by atoms with van der Waals surface area (Å²) < 4.78 is 11.2. The topological polar surface area (TPSA) is 109 Å². The first-order chi connectivity index (χ1) is 13.8. The molecule has 150 valence electrons. The first-order valence-corrected chi connectivity index (χ1v) is 9.79. The molecule has 1 amide bonds. The quantitative estimate of drug-likeness (QED) is 0.401. The van der Waals surface area contributed by atoms with E-state index in [1.165, 1.54) is 6.08 Å². The van der Waals surface area contributed by atoms with Gasteiger partial charge in [-0.1, -0.05) is 12.1 Å². The minimum Gasteiger partial charge on any atom is -0.497 e. The number of benzene rings is 2. The zero-order chi connectivity index (χ0) is 21.4. The van der Waals surface area contributed by atoms with Crippen LogP contribution in [-0.2, 0) is 16.1 Å². The Morgan fingerprint density at radius 2 is 1.83 bits per heavy atom. The van der Waals surface area contributed by atoms with E-state index in [0.29, 0.717) is 26.0 Å². The van der Waals surface area contributed by atoms with Gasteiger partial charge in [0.25, 0.3) is 5.91 Å². The molecule has 0 saturated heterocycles. The Morgan fingerprint density at radius 1 is 1.21 bits per heavy atom. The largest absolute Gasteiger partial charge is 0.497 e. The van der Waals surface area contributed by atoms with Crippen molar-refractivity contribution in [2.24, 2.45) is 0 Å². The number of hydrogen-bond donors (Lipinski definition) is 2. The lowest BCUT2D eigenvalue weighted by Crippen LogP contribution is -2.23. The molecule has 2 N–H and O–H groups in total. The number of ether oxygens (including phenoxy) is 2. The number of carboxylic acids is 1. The van der Waals surface area contributed by atoms with Crippen molar-refractivity contribution in [3.63, 3.8) is 0 Å². The minimum atomic E-state index is -1.10. The van der Waals surface area contributed by atoms with E-state index in [-0.39, 0.29) is 12.1 Å². The van der Waals surface area contributed by atoms with Crippen molar-refractivity contribution in [2.45, 2.75) is 6.54 Å². The summed E-state index contributed by atoms with van der Waals surface area (Å²) in [6.45, 7) is -0.235. The molecule has 2 aromatic rings. The van der Waals surface area contributed by atoms with E-state index in [1.807, 2.05) is 18.2 Å². The fourth-order valence-electron chi connectivity index (χ4n) is 2.27. The maximum Gasteiger partial charge on any atom is 0.341 e. The second kappa shape index (κ2) is 10.6. The van der Waals surface area contributed by atoms with E-state index >= 15 is 0 Å². The lowest BCUT2D eigenvalue weighted by Gasteiger charge is -2.10. The van der Waals surface area contributed by atoms with Gasteiger partial charge in [-0.3, -0.25) is 4.79 Å². The zero-order valence-electron chi connectivity index (χ0n) is 15.2. The van der Waals surface area contributed by atoms with Crippen molar-refractivity contribution in [3.8, 4) is 17.6 Å². The highest BCUT2D eigenvalue weighted by Gasteiger charge is 2.13. The molecule has 0 aromatic heterocycles. The fourth-order valence-corrected chi connectivity index (χ4v) is 3.72. The van der Waals surface area contributed by atoms with E-state index in [2.05, 4.69) is 37.2 Å². The van der Waals surface area contributed by atoms with Crippen molar-refractivity contribution in [1.29, 1.82) is 5.26 Å². The number of halogens is 2. The number of carboxylic acid groups (broad SMARTS) is 1. The summed E-state index contributed by atoms with van der Waals surface area (Å²) in [5.74, 6) is -0.591. The van der Waals surface area contributed by atoms with Crippen molar-refractivity contribution in [1.82, 2.24) is 5.32 Å². The van der Waals surface area contributed by atoms with Crippen LogP contribution in [0.4, 0.5) is 0 Å². The molecule has 0 radical (unpaired) electrons. The van der Waals surface area contributed by atoms with E-state index in [0.717, 1.165) is 5.56 Å². The number of methoxy groups -OCH3 is 1. The molecule has 0 bridgehead atoms. The third kappa shape index (κ3) is 6.62. The number of amides is 1. The maximum absolute atomic E-state index is 12.3. The molecule has 0 saturated carbocycles. The van der Waals surface area contributed by atoms with Gasteiger partial charge in [-0.25, -0.2) is 4.79 Å². The number of carbonyl (C=O) groups excluding carboxylic acids is 1. The van der Waals surface area contributed by atoms with Crippen LogP contribution in [0.25, 0.3) is 6.08 Å². The first-order valence-electron chi connectivity index (χ1n) is 8.20. The van der Waals surface area contributed by atoms with Crippen LogP contribution >= 0.6 is 31.9 Å². The van der Waals surface area contributed by atoms with Gasteiger partial charge < -0.3 is 19.9 Å². The molecule has 29 heavy (non-hydrogen) atoms. The highest BCUT2D eigenvalue weighted by Crippen LogP contribution is 2.35. The van der Waals surface area contributed by atoms with E-state index in [4.69, 9.17) is 14.6 Å². The molecule has 0 atom stereocenters. The molecule has 7 nitrogen and oxygen atoms in total. The zero-order valence-corrected chi connectivity index (χ0v) is 18.4.